The van der Waals surface area contributed by atoms with E-state index in [0.717, 1.165) is 32.1 Å². The number of likely N-dealkylation sites (tertiary alicyclic amines) is 1. The van der Waals surface area contributed by atoms with Gasteiger partial charge in [-0.15, -0.1) is 0 Å². The number of piperidine rings is 1. The second-order valence-electron chi connectivity index (χ2n) is 9.30. The van der Waals surface area contributed by atoms with Crippen molar-refractivity contribution < 1.29 is 4.79 Å². The number of hydrogen-bond acceptors (Lipinski definition) is 4. The van der Waals surface area contributed by atoms with Crippen molar-refractivity contribution in [2.45, 2.75) is 47.0 Å². The van der Waals surface area contributed by atoms with E-state index in [1.54, 1.807) is 0 Å². The van der Waals surface area contributed by atoms with E-state index in [1.165, 1.54) is 55.7 Å². The SMILES string of the molecule is Cc1cc(C)cc(N2CCN(CCC3CCN(CC(=O)C(C)C)CC3)CC2)c1. The first-order chi connectivity index (χ1) is 13.4. The van der Waals surface area contributed by atoms with Crippen molar-refractivity contribution in [1.29, 1.82) is 0 Å². The van der Waals surface area contributed by atoms with E-state index < -0.39 is 0 Å². The minimum Gasteiger partial charge on any atom is -0.369 e. The Labute approximate surface area is 171 Å². The lowest BCUT2D eigenvalue weighted by atomic mass is 9.93. The molecule has 4 nitrogen and oxygen atoms in total. The number of piperazine rings is 1. The number of carbonyl (C=O) groups is 1. The Balaban J connectivity index is 1.35. The van der Waals surface area contributed by atoms with Crippen LogP contribution in [0, 0.1) is 25.7 Å². The Hall–Kier alpha value is -1.39. The fourth-order valence-electron chi connectivity index (χ4n) is 4.56. The maximum absolute atomic E-state index is 11.9. The average Bonchev–Trinajstić information content (AvgIpc) is 2.67. The van der Waals surface area contributed by atoms with Gasteiger partial charge in [-0.2, -0.15) is 0 Å². The second-order valence-corrected chi connectivity index (χ2v) is 9.30. The molecule has 0 saturated carbocycles. The number of ketones is 1. The molecule has 2 saturated heterocycles. The molecule has 0 bridgehead atoms. The molecule has 156 valence electrons. The first-order valence-electron chi connectivity index (χ1n) is 11.2. The molecule has 2 heterocycles. The highest BCUT2D eigenvalue weighted by molar-refractivity contribution is 5.82. The molecule has 4 heteroatoms. The fourth-order valence-corrected chi connectivity index (χ4v) is 4.56. The van der Waals surface area contributed by atoms with Gasteiger partial charge in [0.15, 0.2) is 0 Å². The Kier molecular flexibility index (Phi) is 7.53. The molecule has 28 heavy (non-hydrogen) atoms. The molecule has 1 aromatic carbocycles. The number of carbonyl (C=O) groups excluding carboxylic acids is 1. The van der Waals surface area contributed by atoms with Gasteiger partial charge < -0.3 is 4.90 Å². The van der Waals surface area contributed by atoms with Gasteiger partial charge in [-0.05, 0) is 81.9 Å². The predicted molar refractivity (Wildman–Crippen MR) is 118 cm³/mol. The Morgan fingerprint density at radius 3 is 2.11 bits per heavy atom. The van der Waals surface area contributed by atoms with Gasteiger partial charge in [0, 0.05) is 37.8 Å². The molecule has 0 N–H and O–H groups in total. The van der Waals surface area contributed by atoms with Gasteiger partial charge in [-0.25, -0.2) is 0 Å². The van der Waals surface area contributed by atoms with Crippen LogP contribution in [-0.4, -0.2) is 67.9 Å². The van der Waals surface area contributed by atoms with Gasteiger partial charge in [0.25, 0.3) is 0 Å². The maximum Gasteiger partial charge on any atom is 0.149 e. The summed E-state index contributed by atoms with van der Waals surface area (Å²) in [4.78, 5) is 19.5. The smallest absolute Gasteiger partial charge is 0.149 e. The van der Waals surface area contributed by atoms with Crippen molar-refractivity contribution in [1.82, 2.24) is 9.80 Å². The molecule has 0 amide bonds. The van der Waals surface area contributed by atoms with Crippen LogP contribution in [0.4, 0.5) is 5.69 Å². The van der Waals surface area contributed by atoms with Crippen LogP contribution >= 0.6 is 0 Å². The molecular weight excluding hydrogens is 346 g/mol. The third-order valence-electron chi connectivity index (χ3n) is 6.53. The van der Waals surface area contributed by atoms with E-state index in [1.807, 2.05) is 13.8 Å². The monoisotopic (exact) mass is 385 g/mol. The van der Waals surface area contributed by atoms with Crippen LogP contribution in [-0.2, 0) is 4.79 Å². The van der Waals surface area contributed by atoms with Gasteiger partial charge >= 0.3 is 0 Å². The van der Waals surface area contributed by atoms with Gasteiger partial charge in [0.1, 0.15) is 5.78 Å². The van der Waals surface area contributed by atoms with Crippen LogP contribution in [0.3, 0.4) is 0 Å². The van der Waals surface area contributed by atoms with E-state index in [2.05, 4.69) is 46.7 Å². The van der Waals surface area contributed by atoms with Crippen molar-refractivity contribution in [3.8, 4) is 0 Å². The van der Waals surface area contributed by atoms with Crippen LogP contribution in [0.1, 0.15) is 44.2 Å². The summed E-state index contributed by atoms with van der Waals surface area (Å²) in [6, 6.07) is 6.89. The summed E-state index contributed by atoms with van der Waals surface area (Å²) in [6.07, 6.45) is 3.83. The number of hydrogen-bond donors (Lipinski definition) is 0. The lowest BCUT2D eigenvalue weighted by molar-refractivity contribution is -0.123. The summed E-state index contributed by atoms with van der Waals surface area (Å²) in [6.45, 7) is 17.1. The summed E-state index contributed by atoms with van der Waals surface area (Å²) in [7, 11) is 0. The maximum atomic E-state index is 11.9. The van der Waals surface area contributed by atoms with E-state index in [9.17, 15) is 4.79 Å². The number of nitrogens with zero attached hydrogens (tertiary/aromatic N) is 3. The number of aryl methyl sites for hydroxylation is 2. The Morgan fingerprint density at radius 2 is 1.54 bits per heavy atom. The minimum absolute atomic E-state index is 0.167. The zero-order valence-electron chi connectivity index (χ0n) is 18.4. The molecule has 0 aromatic heterocycles. The normalized spacial score (nSPS) is 20.1. The highest BCUT2D eigenvalue weighted by Crippen LogP contribution is 2.23. The topological polar surface area (TPSA) is 26.8 Å². The lowest BCUT2D eigenvalue weighted by Gasteiger charge is -2.38. The highest BCUT2D eigenvalue weighted by Gasteiger charge is 2.23. The summed E-state index contributed by atoms with van der Waals surface area (Å²) in [5, 5.41) is 0. The van der Waals surface area contributed by atoms with E-state index in [4.69, 9.17) is 0 Å². The third kappa shape index (κ3) is 6.05. The first kappa shape index (κ1) is 21.3. The van der Waals surface area contributed by atoms with Gasteiger partial charge in [0.05, 0.1) is 6.54 Å². The Bertz CT molecular complexity index is 621. The molecule has 0 atom stereocenters. The van der Waals surface area contributed by atoms with Crippen molar-refractivity contribution in [3.63, 3.8) is 0 Å². The number of anilines is 1. The Morgan fingerprint density at radius 1 is 0.929 bits per heavy atom. The predicted octanol–water partition coefficient (Wildman–Crippen LogP) is 3.75. The summed E-state index contributed by atoms with van der Waals surface area (Å²) >= 11 is 0. The molecule has 0 radical (unpaired) electrons. The molecular formula is C24H39N3O. The number of benzene rings is 1. The molecule has 0 aliphatic carbocycles. The molecule has 0 spiro atoms. The average molecular weight is 386 g/mol. The highest BCUT2D eigenvalue weighted by atomic mass is 16.1. The van der Waals surface area contributed by atoms with Gasteiger partial charge in [0.2, 0.25) is 0 Å². The van der Waals surface area contributed by atoms with E-state index in [-0.39, 0.29) is 5.92 Å². The molecule has 0 unspecified atom stereocenters. The van der Waals surface area contributed by atoms with Gasteiger partial charge in [-0.1, -0.05) is 19.9 Å². The van der Waals surface area contributed by atoms with Crippen LogP contribution in [0.25, 0.3) is 0 Å². The number of Topliss-reactive ketones (excluding diaryl/α,β-unsaturated/α-hetero) is 1. The standard InChI is InChI=1S/C24H39N3O/c1-19(2)24(28)18-26-9-6-22(7-10-26)5-8-25-11-13-27(14-12-25)23-16-20(3)15-21(4)17-23/h15-17,19,22H,5-14,18H2,1-4H3. The summed E-state index contributed by atoms with van der Waals surface area (Å²) in [5.41, 5.74) is 4.11. The van der Waals surface area contributed by atoms with Crippen LogP contribution in [0.2, 0.25) is 0 Å². The fraction of sp³-hybridized carbons (Fsp3) is 0.708. The molecule has 2 fully saturated rings. The summed E-state index contributed by atoms with van der Waals surface area (Å²) in [5.74, 6) is 1.39. The zero-order chi connectivity index (χ0) is 20.1. The van der Waals surface area contributed by atoms with Crippen molar-refractivity contribution in [3.05, 3.63) is 29.3 Å². The second kappa shape index (κ2) is 9.89. The lowest BCUT2D eigenvalue weighted by Crippen LogP contribution is -2.47. The van der Waals surface area contributed by atoms with Crippen LogP contribution in [0.15, 0.2) is 18.2 Å². The largest absolute Gasteiger partial charge is 0.369 e. The molecule has 2 aliphatic heterocycles. The van der Waals surface area contributed by atoms with Crippen LogP contribution < -0.4 is 4.90 Å². The van der Waals surface area contributed by atoms with Crippen molar-refractivity contribution >= 4 is 11.5 Å². The third-order valence-corrected chi connectivity index (χ3v) is 6.53. The van der Waals surface area contributed by atoms with Crippen molar-refractivity contribution in [2.24, 2.45) is 11.8 Å². The van der Waals surface area contributed by atoms with Crippen LogP contribution in [0.5, 0.6) is 0 Å². The van der Waals surface area contributed by atoms with E-state index in [0.29, 0.717) is 12.3 Å². The van der Waals surface area contributed by atoms with E-state index >= 15 is 0 Å². The molecule has 3 rings (SSSR count). The quantitative estimate of drug-likeness (QED) is 0.714. The summed E-state index contributed by atoms with van der Waals surface area (Å²) < 4.78 is 0. The number of rotatable bonds is 7. The zero-order valence-corrected chi connectivity index (χ0v) is 18.4. The minimum atomic E-state index is 0.167. The molecule has 2 aliphatic rings. The molecule has 1 aromatic rings. The van der Waals surface area contributed by atoms with Crippen molar-refractivity contribution in [2.75, 3.05) is 57.3 Å². The first-order valence-corrected chi connectivity index (χ1v) is 11.2. The van der Waals surface area contributed by atoms with Gasteiger partial charge in [-0.3, -0.25) is 14.6 Å².